The van der Waals surface area contributed by atoms with Gasteiger partial charge in [0.2, 0.25) is 0 Å². The van der Waals surface area contributed by atoms with Crippen molar-refractivity contribution in [3.05, 3.63) is 93.2 Å². The SMILES string of the molecule is O=c1c2cc(NS(=O)(=O)c3cccc(Cl)c3)ccc2[nH]n1Cc1ccc(F)c(F)c1. The number of anilines is 1. The van der Waals surface area contributed by atoms with Crippen molar-refractivity contribution in [3.63, 3.8) is 0 Å². The Bertz CT molecular complexity index is 1430. The van der Waals surface area contributed by atoms with Crippen LogP contribution in [0, 0.1) is 11.6 Å². The van der Waals surface area contributed by atoms with Crippen LogP contribution in [0.1, 0.15) is 5.56 Å². The molecule has 0 aliphatic carbocycles. The number of nitrogens with one attached hydrogen (secondary N) is 2. The van der Waals surface area contributed by atoms with E-state index in [2.05, 4.69) is 9.82 Å². The van der Waals surface area contributed by atoms with Gasteiger partial charge in [0.25, 0.3) is 15.6 Å². The van der Waals surface area contributed by atoms with Crippen LogP contribution in [-0.2, 0) is 16.6 Å². The van der Waals surface area contributed by atoms with E-state index in [-0.39, 0.29) is 27.5 Å². The van der Waals surface area contributed by atoms with Gasteiger partial charge >= 0.3 is 0 Å². The maximum Gasteiger partial charge on any atom is 0.274 e. The topological polar surface area (TPSA) is 84.0 Å². The van der Waals surface area contributed by atoms with Crippen LogP contribution in [0.5, 0.6) is 0 Å². The number of hydrogen-bond acceptors (Lipinski definition) is 3. The van der Waals surface area contributed by atoms with E-state index in [1.54, 1.807) is 12.1 Å². The molecule has 1 aromatic heterocycles. The van der Waals surface area contributed by atoms with Crippen molar-refractivity contribution in [1.82, 2.24) is 9.78 Å². The second-order valence-electron chi connectivity index (χ2n) is 6.57. The second kappa shape index (κ2) is 7.58. The quantitative estimate of drug-likeness (QED) is 0.481. The van der Waals surface area contributed by atoms with Crippen molar-refractivity contribution < 1.29 is 17.2 Å². The zero-order valence-corrected chi connectivity index (χ0v) is 16.8. The summed E-state index contributed by atoms with van der Waals surface area (Å²) in [6.07, 6.45) is 0. The number of halogens is 3. The first-order valence-electron chi connectivity index (χ1n) is 8.68. The van der Waals surface area contributed by atoms with E-state index in [0.29, 0.717) is 11.1 Å². The van der Waals surface area contributed by atoms with Crippen LogP contribution in [0.15, 0.2) is 70.4 Å². The van der Waals surface area contributed by atoms with Gasteiger partial charge in [-0.05, 0) is 54.1 Å². The molecule has 154 valence electrons. The molecule has 3 aromatic carbocycles. The van der Waals surface area contributed by atoms with Crippen molar-refractivity contribution in [1.29, 1.82) is 0 Å². The molecule has 4 rings (SSSR count). The minimum absolute atomic E-state index is 0.00567. The Morgan fingerprint density at radius 3 is 2.53 bits per heavy atom. The van der Waals surface area contributed by atoms with Crippen LogP contribution in [-0.4, -0.2) is 18.2 Å². The second-order valence-corrected chi connectivity index (χ2v) is 8.69. The lowest BCUT2D eigenvalue weighted by atomic mass is 10.2. The Kier molecular flexibility index (Phi) is 5.08. The van der Waals surface area contributed by atoms with Gasteiger partial charge in [0.05, 0.1) is 22.3 Å². The first-order chi connectivity index (χ1) is 14.2. The molecule has 1 heterocycles. The molecule has 0 atom stereocenters. The summed E-state index contributed by atoms with van der Waals surface area (Å²) in [5.74, 6) is -1.98. The highest BCUT2D eigenvalue weighted by Gasteiger charge is 2.16. The number of benzene rings is 3. The summed E-state index contributed by atoms with van der Waals surface area (Å²) in [5.41, 5.74) is 0.620. The summed E-state index contributed by atoms with van der Waals surface area (Å²) < 4.78 is 55.3. The van der Waals surface area contributed by atoms with E-state index in [4.69, 9.17) is 11.6 Å². The van der Waals surface area contributed by atoms with Gasteiger partial charge in [-0.1, -0.05) is 23.7 Å². The molecule has 0 spiro atoms. The number of H-pyrrole nitrogens is 1. The first-order valence-corrected chi connectivity index (χ1v) is 10.5. The number of sulfonamides is 1. The molecule has 4 aromatic rings. The third-order valence-electron chi connectivity index (χ3n) is 4.43. The highest BCUT2D eigenvalue weighted by Crippen LogP contribution is 2.21. The molecule has 0 saturated heterocycles. The minimum Gasteiger partial charge on any atom is -0.295 e. The summed E-state index contributed by atoms with van der Waals surface area (Å²) >= 11 is 5.86. The van der Waals surface area contributed by atoms with Crippen LogP contribution in [0.4, 0.5) is 14.5 Å². The zero-order valence-electron chi connectivity index (χ0n) is 15.2. The maximum atomic E-state index is 13.4. The standard InChI is InChI=1S/C20H14ClF2N3O3S/c21-13-2-1-3-15(9-13)30(28,29)25-14-5-7-19-16(10-14)20(27)26(24-19)11-12-4-6-17(22)18(23)8-12/h1-10,24-25H,11H2. The van der Waals surface area contributed by atoms with E-state index < -0.39 is 27.2 Å². The fraction of sp³-hybridized carbons (Fsp3) is 0.0500. The third kappa shape index (κ3) is 3.94. The van der Waals surface area contributed by atoms with Crippen molar-refractivity contribution in [2.24, 2.45) is 0 Å². The zero-order chi connectivity index (χ0) is 21.5. The van der Waals surface area contributed by atoms with Gasteiger partial charge in [-0.3, -0.25) is 14.6 Å². The van der Waals surface area contributed by atoms with Crippen molar-refractivity contribution in [2.75, 3.05) is 4.72 Å². The van der Waals surface area contributed by atoms with Gasteiger partial charge in [-0.15, -0.1) is 0 Å². The fourth-order valence-electron chi connectivity index (χ4n) is 3.00. The number of nitrogens with zero attached hydrogens (tertiary/aromatic N) is 1. The van der Waals surface area contributed by atoms with E-state index in [1.807, 2.05) is 0 Å². The number of hydrogen-bond donors (Lipinski definition) is 2. The van der Waals surface area contributed by atoms with Crippen molar-refractivity contribution in [2.45, 2.75) is 11.4 Å². The summed E-state index contributed by atoms with van der Waals surface area (Å²) in [6, 6.07) is 13.6. The van der Waals surface area contributed by atoms with Gasteiger partial charge < -0.3 is 0 Å². The smallest absolute Gasteiger partial charge is 0.274 e. The van der Waals surface area contributed by atoms with Crippen molar-refractivity contribution >= 4 is 38.2 Å². The number of aromatic amines is 1. The largest absolute Gasteiger partial charge is 0.295 e. The average molecular weight is 450 g/mol. The predicted octanol–water partition coefficient (Wildman–Crippen LogP) is 4.11. The molecule has 0 aliphatic heterocycles. The van der Waals surface area contributed by atoms with Crippen LogP contribution in [0.25, 0.3) is 10.9 Å². The normalized spacial score (nSPS) is 11.7. The molecule has 0 fully saturated rings. The lowest BCUT2D eigenvalue weighted by Gasteiger charge is -2.08. The monoisotopic (exact) mass is 449 g/mol. The third-order valence-corrected chi connectivity index (χ3v) is 6.05. The molecule has 10 heteroatoms. The van der Waals surface area contributed by atoms with Crippen LogP contribution >= 0.6 is 11.6 Å². The van der Waals surface area contributed by atoms with Gasteiger partial charge in [0.1, 0.15) is 0 Å². The van der Waals surface area contributed by atoms with Gasteiger partial charge in [0.15, 0.2) is 11.6 Å². The average Bonchev–Trinajstić information content (AvgIpc) is 3.00. The molecule has 30 heavy (non-hydrogen) atoms. The number of aromatic nitrogens is 2. The van der Waals surface area contributed by atoms with Gasteiger partial charge in [-0.25, -0.2) is 21.9 Å². The molecule has 6 nitrogen and oxygen atoms in total. The predicted molar refractivity (Wildman–Crippen MR) is 110 cm³/mol. The molecule has 0 saturated carbocycles. The van der Waals surface area contributed by atoms with E-state index in [9.17, 15) is 22.0 Å². The molecule has 0 bridgehead atoms. The first kappa shape index (κ1) is 20.1. The van der Waals surface area contributed by atoms with Crippen LogP contribution in [0.2, 0.25) is 5.02 Å². The van der Waals surface area contributed by atoms with Crippen LogP contribution < -0.4 is 10.3 Å². The lowest BCUT2D eigenvalue weighted by Crippen LogP contribution is -2.17. The van der Waals surface area contributed by atoms with Crippen LogP contribution in [0.3, 0.4) is 0 Å². The molecule has 0 aliphatic rings. The maximum absolute atomic E-state index is 13.4. The fourth-order valence-corrected chi connectivity index (χ4v) is 4.35. The molecule has 0 amide bonds. The van der Waals surface area contributed by atoms with E-state index in [0.717, 1.165) is 12.1 Å². The molecule has 2 N–H and O–H groups in total. The Hall–Kier alpha value is -3.17. The summed E-state index contributed by atoms with van der Waals surface area (Å²) in [4.78, 5) is 12.7. The summed E-state index contributed by atoms with van der Waals surface area (Å²) in [6.45, 7) is -0.00567. The highest BCUT2D eigenvalue weighted by molar-refractivity contribution is 7.92. The highest BCUT2D eigenvalue weighted by atomic mass is 35.5. The van der Waals surface area contributed by atoms with Gasteiger partial charge in [0, 0.05) is 10.7 Å². The van der Waals surface area contributed by atoms with Gasteiger partial charge in [-0.2, -0.15) is 0 Å². The molecule has 0 radical (unpaired) electrons. The molecular formula is C20H14ClF2N3O3S. The number of fused-ring (bicyclic) bond motifs is 1. The summed E-state index contributed by atoms with van der Waals surface area (Å²) in [7, 11) is -3.90. The number of rotatable bonds is 5. The Balaban J connectivity index is 1.65. The molecule has 0 unspecified atom stereocenters. The van der Waals surface area contributed by atoms with E-state index >= 15 is 0 Å². The van der Waals surface area contributed by atoms with Crippen molar-refractivity contribution in [3.8, 4) is 0 Å². The molecular weight excluding hydrogens is 436 g/mol. The van der Waals surface area contributed by atoms with E-state index in [1.165, 1.54) is 41.1 Å². The minimum atomic E-state index is -3.90. The Morgan fingerprint density at radius 1 is 1.00 bits per heavy atom. The Labute approximate surface area is 174 Å². The lowest BCUT2D eigenvalue weighted by molar-refractivity contribution is 0.505. The summed E-state index contributed by atoms with van der Waals surface area (Å²) in [5, 5.41) is 3.39. The Morgan fingerprint density at radius 2 is 1.80 bits per heavy atom.